The highest BCUT2D eigenvalue weighted by Crippen LogP contribution is 2.23. The number of nitrogens with zero attached hydrogens (tertiary/aromatic N) is 2. The van der Waals surface area contributed by atoms with Crippen molar-refractivity contribution in [2.75, 3.05) is 25.5 Å². The van der Waals surface area contributed by atoms with Crippen LogP contribution >= 0.6 is 0 Å². The average Bonchev–Trinajstić information content (AvgIpc) is 2.34. The molecule has 0 saturated carbocycles. The summed E-state index contributed by atoms with van der Waals surface area (Å²) in [6.07, 6.45) is 1.31. The lowest BCUT2D eigenvalue weighted by Gasteiger charge is -2.35. The van der Waals surface area contributed by atoms with Gasteiger partial charge in [0, 0.05) is 20.1 Å². The van der Waals surface area contributed by atoms with Crippen LogP contribution in [0.25, 0.3) is 0 Å². The van der Waals surface area contributed by atoms with Gasteiger partial charge in [-0.2, -0.15) is 0 Å². The number of anilines is 1. The third kappa shape index (κ3) is 3.19. The maximum Gasteiger partial charge on any atom is 0.126 e. The molecule has 2 atom stereocenters. The largest absolute Gasteiger partial charge is 0.373 e. The van der Waals surface area contributed by atoms with E-state index in [9.17, 15) is 0 Å². The summed E-state index contributed by atoms with van der Waals surface area (Å²) in [4.78, 5) is 7.10. The first-order valence-electron chi connectivity index (χ1n) is 6.55. The summed E-state index contributed by atoms with van der Waals surface area (Å²) in [6.45, 7) is 8.10. The number of pyridine rings is 1. The summed E-state index contributed by atoms with van der Waals surface area (Å²) in [5, 5.41) is 3.09. The quantitative estimate of drug-likeness (QED) is 0.870. The van der Waals surface area contributed by atoms with E-state index in [0.717, 1.165) is 24.2 Å². The van der Waals surface area contributed by atoms with Crippen LogP contribution in [0.3, 0.4) is 0 Å². The SMILES string of the molecule is CNc1cccc(CN2CCC(C)C(C)C2)n1. The minimum atomic E-state index is 0.802. The molecular formula is C14H23N3. The van der Waals surface area contributed by atoms with Gasteiger partial charge in [0.05, 0.1) is 5.69 Å². The van der Waals surface area contributed by atoms with Gasteiger partial charge in [0.2, 0.25) is 0 Å². The van der Waals surface area contributed by atoms with E-state index in [0.29, 0.717) is 0 Å². The number of aromatic nitrogens is 1. The van der Waals surface area contributed by atoms with E-state index in [4.69, 9.17) is 0 Å². The molecule has 0 bridgehead atoms. The zero-order valence-corrected chi connectivity index (χ0v) is 11.1. The van der Waals surface area contributed by atoms with Gasteiger partial charge in [-0.3, -0.25) is 4.90 Å². The van der Waals surface area contributed by atoms with Crippen LogP contribution in [0.2, 0.25) is 0 Å². The molecule has 0 aliphatic carbocycles. The fourth-order valence-electron chi connectivity index (χ4n) is 2.43. The molecule has 0 aromatic carbocycles. The first kappa shape index (κ1) is 12.4. The van der Waals surface area contributed by atoms with Crippen molar-refractivity contribution in [2.24, 2.45) is 11.8 Å². The van der Waals surface area contributed by atoms with Gasteiger partial charge in [-0.15, -0.1) is 0 Å². The van der Waals surface area contributed by atoms with Crippen LogP contribution in [0, 0.1) is 11.8 Å². The predicted octanol–water partition coefficient (Wildman–Crippen LogP) is 2.60. The van der Waals surface area contributed by atoms with Crippen molar-refractivity contribution >= 4 is 5.82 Å². The first-order chi connectivity index (χ1) is 8.19. The van der Waals surface area contributed by atoms with E-state index in [1.54, 1.807) is 0 Å². The summed E-state index contributed by atoms with van der Waals surface area (Å²) < 4.78 is 0. The minimum absolute atomic E-state index is 0.802. The van der Waals surface area contributed by atoms with Gasteiger partial charge in [-0.05, 0) is 36.9 Å². The average molecular weight is 233 g/mol. The second-order valence-corrected chi connectivity index (χ2v) is 5.24. The molecule has 1 aliphatic heterocycles. The van der Waals surface area contributed by atoms with Gasteiger partial charge in [-0.25, -0.2) is 4.98 Å². The van der Waals surface area contributed by atoms with Crippen LogP contribution in [0.4, 0.5) is 5.82 Å². The molecule has 2 heterocycles. The molecule has 2 unspecified atom stereocenters. The normalized spacial score (nSPS) is 25.8. The molecule has 0 radical (unpaired) electrons. The van der Waals surface area contributed by atoms with Crippen molar-refractivity contribution in [1.29, 1.82) is 0 Å². The predicted molar refractivity (Wildman–Crippen MR) is 72.0 cm³/mol. The Hall–Kier alpha value is -1.09. The van der Waals surface area contributed by atoms with Crippen molar-refractivity contribution in [3.63, 3.8) is 0 Å². The van der Waals surface area contributed by atoms with Gasteiger partial charge < -0.3 is 5.32 Å². The van der Waals surface area contributed by atoms with E-state index in [1.807, 2.05) is 13.1 Å². The van der Waals surface area contributed by atoms with Crippen LogP contribution in [-0.4, -0.2) is 30.0 Å². The Kier molecular flexibility index (Phi) is 4.00. The Morgan fingerprint density at radius 3 is 2.88 bits per heavy atom. The van der Waals surface area contributed by atoms with Crippen molar-refractivity contribution < 1.29 is 0 Å². The summed E-state index contributed by atoms with van der Waals surface area (Å²) >= 11 is 0. The van der Waals surface area contributed by atoms with Crippen molar-refractivity contribution in [2.45, 2.75) is 26.8 Å². The Morgan fingerprint density at radius 2 is 2.18 bits per heavy atom. The number of hydrogen-bond donors (Lipinski definition) is 1. The van der Waals surface area contributed by atoms with E-state index in [-0.39, 0.29) is 0 Å². The molecule has 3 heteroatoms. The molecule has 1 aromatic rings. The second kappa shape index (κ2) is 5.50. The first-order valence-corrected chi connectivity index (χ1v) is 6.55. The van der Waals surface area contributed by atoms with E-state index in [1.165, 1.54) is 25.2 Å². The third-order valence-electron chi connectivity index (χ3n) is 3.87. The lowest BCUT2D eigenvalue weighted by molar-refractivity contribution is 0.131. The molecule has 94 valence electrons. The minimum Gasteiger partial charge on any atom is -0.373 e. The highest BCUT2D eigenvalue weighted by atomic mass is 15.1. The molecule has 3 nitrogen and oxygen atoms in total. The van der Waals surface area contributed by atoms with Gasteiger partial charge in [-0.1, -0.05) is 19.9 Å². The van der Waals surface area contributed by atoms with Crippen molar-refractivity contribution in [3.05, 3.63) is 23.9 Å². The molecule has 1 saturated heterocycles. The van der Waals surface area contributed by atoms with Gasteiger partial charge >= 0.3 is 0 Å². The lowest BCUT2D eigenvalue weighted by atomic mass is 9.89. The molecule has 0 amide bonds. The molecular weight excluding hydrogens is 210 g/mol. The molecule has 1 fully saturated rings. The van der Waals surface area contributed by atoms with Crippen LogP contribution in [-0.2, 0) is 6.54 Å². The number of piperidine rings is 1. The highest BCUT2D eigenvalue weighted by Gasteiger charge is 2.22. The Bertz CT molecular complexity index is 364. The van der Waals surface area contributed by atoms with E-state index >= 15 is 0 Å². The molecule has 17 heavy (non-hydrogen) atoms. The fourth-order valence-corrected chi connectivity index (χ4v) is 2.43. The molecule has 1 aliphatic rings. The Morgan fingerprint density at radius 1 is 1.35 bits per heavy atom. The maximum absolute atomic E-state index is 4.58. The monoisotopic (exact) mass is 233 g/mol. The van der Waals surface area contributed by atoms with Gasteiger partial charge in [0.1, 0.15) is 5.82 Å². The summed E-state index contributed by atoms with van der Waals surface area (Å²) in [5.41, 5.74) is 1.17. The number of likely N-dealkylation sites (tertiary alicyclic amines) is 1. The summed E-state index contributed by atoms with van der Waals surface area (Å²) in [5.74, 6) is 2.63. The lowest BCUT2D eigenvalue weighted by Crippen LogP contribution is -2.38. The Balaban J connectivity index is 1.96. The third-order valence-corrected chi connectivity index (χ3v) is 3.87. The van der Waals surface area contributed by atoms with Crippen molar-refractivity contribution in [3.8, 4) is 0 Å². The standard InChI is InChI=1S/C14H23N3/c1-11-7-8-17(9-12(11)2)10-13-5-4-6-14(15-3)16-13/h4-6,11-12H,7-10H2,1-3H3,(H,15,16). The molecule has 0 spiro atoms. The van der Waals surface area contributed by atoms with E-state index < -0.39 is 0 Å². The molecule has 1 aromatic heterocycles. The Labute approximate surface area is 104 Å². The number of hydrogen-bond acceptors (Lipinski definition) is 3. The highest BCUT2D eigenvalue weighted by molar-refractivity contribution is 5.34. The topological polar surface area (TPSA) is 28.2 Å². The van der Waals surface area contributed by atoms with Crippen molar-refractivity contribution in [1.82, 2.24) is 9.88 Å². The van der Waals surface area contributed by atoms with Gasteiger partial charge in [0.25, 0.3) is 0 Å². The van der Waals surface area contributed by atoms with Crippen LogP contribution < -0.4 is 5.32 Å². The number of nitrogens with one attached hydrogen (secondary N) is 1. The van der Waals surface area contributed by atoms with Gasteiger partial charge in [0.15, 0.2) is 0 Å². The zero-order valence-electron chi connectivity index (χ0n) is 11.1. The maximum atomic E-state index is 4.58. The molecule has 1 N–H and O–H groups in total. The van der Waals surface area contributed by atoms with Crippen LogP contribution in [0.15, 0.2) is 18.2 Å². The smallest absolute Gasteiger partial charge is 0.126 e. The van der Waals surface area contributed by atoms with E-state index in [2.05, 4.69) is 41.2 Å². The summed E-state index contributed by atoms with van der Waals surface area (Å²) in [7, 11) is 1.91. The zero-order chi connectivity index (χ0) is 12.3. The fraction of sp³-hybridized carbons (Fsp3) is 0.643. The molecule has 2 rings (SSSR count). The van der Waals surface area contributed by atoms with Crippen LogP contribution in [0.5, 0.6) is 0 Å². The second-order valence-electron chi connectivity index (χ2n) is 5.24. The summed E-state index contributed by atoms with van der Waals surface area (Å²) in [6, 6.07) is 6.19. The number of rotatable bonds is 3. The van der Waals surface area contributed by atoms with Crippen LogP contribution in [0.1, 0.15) is 26.0 Å².